The van der Waals surface area contributed by atoms with Crippen LogP contribution in [0.2, 0.25) is 0 Å². The molecule has 0 aromatic carbocycles. The maximum atomic E-state index is 5.46. The topological polar surface area (TPSA) is 22.1 Å². The fraction of sp³-hybridized carbons (Fsp3) is 0.364. The maximum absolute atomic E-state index is 5.46. The van der Waals surface area contributed by atoms with Gasteiger partial charge in [0.2, 0.25) is 0 Å². The van der Waals surface area contributed by atoms with Crippen molar-refractivity contribution in [3.63, 3.8) is 0 Å². The molecule has 1 aromatic rings. The van der Waals surface area contributed by atoms with Gasteiger partial charge >= 0.3 is 0 Å². The Kier molecular flexibility index (Phi) is 4.69. The van der Waals surface area contributed by atoms with Gasteiger partial charge in [-0.25, -0.2) is 0 Å². The zero-order chi connectivity index (χ0) is 9.36. The van der Waals surface area contributed by atoms with Crippen molar-refractivity contribution in [1.82, 2.24) is 4.98 Å². The standard InChI is InChI=1S/C11H15NO/c1-2-3-4-5-9-13-11-7-6-8-12-10-11/h2,6-8,10H,1,3-5,9H2. The van der Waals surface area contributed by atoms with Crippen LogP contribution in [-0.2, 0) is 0 Å². The monoisotopic (exact) mass is 177 g/mol. The van der Waals surface area contributed by atoms with Crippen LogP contribution in [0.3, 0.4) is 0 Å². The molecule has 0 atom stereocenters. The fourth-order valence-corrected chi connectivity index (χ4v) is 1.01. The van der Waals surface area contributed by atoms with Crippen molar-refractivity contribution in [2.24, 2.45) is 0 Å². The molecule has 2 heteroatoms. The van der Waals surface area contributed by atoms with E-state index in [4.69, 9.17) is 4.74 Å². The first-order valence-corrected chi connectivity index (χ1v) is 4.57. The summed E-state index contributed by atoms with van der Waals surface area (Å²) in [5, 5.41) is 0. The average Bonchev–Trinajstić information content (AvgIpc) is 2.19. The molecule has 2 nitrogen and oxygen atoms in total. The van der Waals surface area contributed by atoms with Crippen LogP contribution in [0, 0.1) is 0 Å². The molecular weight excluding hydrogens is 162 g/mol. The van der Waals surface area contributed by atoms with Crippen LogP contribution in [-0.4, -0.2) is 11.6 Å². The van der Waals surface area contributed by atoms with E-state index in [1.54, 1.807) is 12.4 Å². The number of rotatable bonds is 6. The predicted molar refractivity (Wildman–Crippen MR) is 53.8 cm³/mol. The summed E-state index contributed by atoms with van der Waals surface area (Å²) in [5.74, 6) is 0.848. The summed E-state index contributed by atoms with van der Waals surface area (Å²) in [6, 6.07) is 3.79. The van der Waals surface area contributed by atoms with Gasteiger partial charge in [-0.1, -0.05) is 6.08 Å². The van der Waals surface area contributed by atoms with Gasteiger partial charge in [-0.2, -0.15) is 0 Å². The molecule has 0 aliphatic rings. The minimum absolute atomic E-state index is 0.763. The van der Waals surface area contributed by atoms with Crippen LogP contribution in [0.25, 0.3) is 0 Å². The Labute approximate surface area is 79.3 Å². The summed E-state index contributed by atoms with van der Waals surface area (Å²) >= 11 is 0. The molecule has 1 heterocycles. The molecule has 1 aromatic heterocycles. The Morgan fingerprint density at radius 3 is 3.08 bits per heavy atom. The van der Waals surface area contributed by atoms with Gasteiger partial charge in [0.05, 0.1) is 12.8 Å². The quantitative estimate of drug-likeness (QED) is 0.492. The van der Waals surface area contributed by atoms with Crippen molar-refractivity contribution < 1.29 is 4.74 Å². The van der Waals surface area contributed by atoms with E-state index in [1.807, 2.05) is 18.2 Å². The van der Waals surface area contributed by atoms with E-state index in [0.717, 1.165) is 31.6 Å². The highest BCUT2D eigenvalue weighted by molar-refractivity contribution is 5.15. The van der Waals surface area contributed by atoms with Gasteiger partial charge in [0.15, 0.2) is 0 Å². The lowest BCUT2D eigenvalue weighted by Crippen LogP contribution is -1.96. The number of nitrogens with zero attached hydrogens (tertiary/aromatic N) is 1. The van der Waals surface area contributed by atoms with Gasteiger partial charge < -0.3 is 4.74 Å². The van der Waals surface area contributed by atoms with Crippen molar-refractivity contribution in [2.75, 3.05) is 6.61 Å². The van der Waals surface area contributed by atoms with Gasteiger partial charge in [-0.3, -0.25) is 4.98 Å². The summed E-state index contributed by atoms with van der Waals surface area (Å²) in [4.78, 5) is 3.96. The first-order valence-electron chi connectivity index (χ1n) is 4.57. The average molecular weight is 177 g/mol. The Balaban J connectivity index is 2.10. The third-order valence-electron chi connectivity index (χ3n) is 1.71. The molecule has 70 valence electrons. The highest BCUT2D eigenvalue weighted by Crippen LogP contribution is 2.07. The van der Waals surface area contributed by atoms with Crippen LogP contribution < -0.4 is 4.74 Å². The second-order valence-electron chi connectivity index (χ2n) is 2.82. The third kappa shape index (κ3) is 4.31. The normalized spacial score (nSPS) is 9.54. The first-order chi connectivity index (χ1) is 6.43. The largest absolute Gasteiger partial charge is 0.492 e. The van der Waals surface area contributed by atoms with E-state index in [1.165, 1.54) is 0 Å². The SMILES string of the molecule is C=CCCCCOc1cccnc1. The highest BCUT2D eigenvalue weighted by atomic mass is 16.5. The minimum Gasteiger partial charge on any atom is -0.492 e. The molecule has 0 bridgehead atoms. The zero-order valence-corrected chi connectivity index (χ0v) is 7.78. The lowest BCUT2D eigenvalue weighted by atomic mass is 10.2. The molecule has 0 amide bonds. The summed E-state index contributed by atoms with van der Waals surface area (Å²) < 4.78 is 5.46. The summed E-state index contributed by atoms with van der Waals surface area (Å²) in [6.45, 7) is 4.43. The van der Waals surface area contributed by atoms with Gasteiger partial charge in [-0.05, 0) is 31.4 Å². The molecule has 0 aliphatic carbocycles. The van der Waals surface area contributed by atoms with Crippen molar-refractivity contribution in [3.8, 4) is 5.75 Å². The van der Waals surface area contributed by atoms with Crippen molar-refractivity contribution in [3.05, 3.63) is 37.2 Å². The summed E-state index contributed by atoms with van der Waals surface area (Å²) in [7, 11) is 0. The molecule has 0 fully saturated rings. The van der Waals surface area contributed by atoms with Crippen LogP contribution in [0.4, 0.5) is 0 Å². The number of pyridine rings is 1. The van der Waals surface area contributed by atoms with Crippen molar-refractivity contribution in [1.29, 1.82) is 0 Å². The summed E-state index contributed by atoms with van der Waals surface area (Å²) in [6.07, 6.45) is 8.68. The molecular formula is C11H15NO. The molecule has 13 heavy (non-hydrogen) atoms. The number of hydrogen-bond acceptors (Lipinski definition) is 2. The second kappa shape index (κ2) is 6.23. The Hall–Kier alpha value is -1.31. The number of allylic oxidation sites excluding steroid dienone is 1. The maximum Gasteiger partial charge on any atom is 0.137 e. The first kappa shape index (κ1) is 9.78. The van der Waals surface area contributed by atoms with E-state index in [2.05, 4.69) is 11.6 Å². The van der Waals surface area contributed by atoms with Crippen LogP contribution in [0.5, 0.6) is 5.75 Å². The third-order valence-corrected chi connectivity index (χ3v) is 1.71. The number of hydrogen-bond donors (Lipinski definition) is 0. The van der Waals surface area contributed by atoms with E-state index in [-0.39, 0.29) is 0 Å². The van der Waals surface area contributed by atoms with Gasteiger partial charge in [-0.15, -0.1) is 6.58 Å². The van der Waals surface area contributed by atoms with E-state index >= 15 is 0 Å². The van der Waals surface area contributed by atoms with Gasteiger partial charge in [0.25, 0.3) is 0 Å². The van der Waals surface area contributed by atoms with Crippen molar-refractivity contribution >= 4 is 0 Å². The number of unbranched alkanes of at least 4 members (excludes halogenated alkanes) is 2. The molecule has 0 saturated carbocycles. The van der Waals surface area contributed by atoms with Crippen molar-refractivity contribution in [2.45, 2.75) is 19.3 Å². The lowest BCUT2D eigenvalue weighted by molar-refractivity contribution is 0.306. The summed E-state index contributed by atoms with van der Waals surface area (Å²) in [5.41, 5.74) is 0. The Bertz CT molecular complexity index is 233. The second-order valence-corrected chi connectivity index (χ2v) is 2.82. The lowest BCUT2D eigenvalue weighted by Gasteiger charge is -2.03. The van der Waals surface area contributed by atoms with Crippen LogP contribution in [0.1, 0.15) is 19.3 Å². The fourth-order valence-electron chi connectivity index (χ4n) is 1.01. The molecule has 0 N–H and O–H groups in total. The molecule has 0 aliphatic heterocycles. The molecule has 0 saturated heterocycles. The molecule has 1 rings (SSSR count). The highest BCUT2D eigenvalue weighted by Gasteiger charge is 1.91. The van der Waals surface area contributed by atoms with E-state index < -0.39 is 0 Å². The predicted octanol–water partition coefficient (Wildman–Crippen LogP) is 2.82. The number of aromatic nitrogens is 1. The minimum atomic E-state index is 0.763. The Morgan fingerprint density at radius 2 is 2.38 bits per heavy atom. The van der Waals surface area contributed by atoms with E-state index in [9.17, 15) is 0 Å². The van der Waals surface area contributed by atoms with Crippen LogP contribution in [0.15, 0.2) is 37.2 Å². The van der Waals surface area contributed by atoms with Gasteiger partial charge in [0.1, 0.15) is 5.75 Å². The molecule has 0 unspecified atom stereocenters. The zero-order valence-electron chi connectivity index (χ0n) is 7.78. The molecule has 0 radical (unpaired) electrons. The smallest absolute Gasteiger partial charge is 0.137 e. The van der Waals surface area contributed by atoms with E-state index in [0.29, 0.717) is 0 Å². The van der Waals surface area contributed by atoms with Crippen LogP contribution >= 0.6 is 0 Å². The number of ether oxygens (including phenoxy) is 1. The molecule has 0 spiro atoms. The van der Waals surface area contributed by atoms with Gasteiger partial charge in [0, 0.05) is 6.20 Å². The Morgan fingerprint density at radius 1 is 1.46 bits per heavy atom.